The molecule has 0 saturated heterocycles. The standard InChI is InChI=1S/C17H36O2/c1-3-5-7-9-10-11-12-14-17(16-18)19-15-13-8-6-4-2/h17-18H,3-16H2,1-2H3. The lowest BCUT2D eigenvalue weighted by Crippen LogP contribution is -2.18. The molecular formula is C17H36O2. The van der Waals surface area contributed by atoms with Gasteiger partial charge in [-0.2, -0.15) is 0 Å². The molecule has 0 radical (unpaired) electrons. The van der Waals surface area contributed by atoms with Gasteiger partial charge in [0.15, 0.2) is 0 Å². The Bertz CT molecular complexity index is 159. The zero-order valence-electron chi connectivity index (χ0n) is 13.3. The van der Waals surface area contributed by atoms with Crippen LogP contribution in [0.3, 0.4) is 0 Å². The van der Waals surface area contributed by atoms with Crippen molar-refractivity contribution in [2.45, 2.75) is 97.0 Å². The van der Waals surface area contributed by atoms with Crippen molar-refractivity contribution in [2.24, 2.45) is 0 Å². The van der Waals surface area contributed by atoms with E-state index in [0.29, 0.717) is 0 Å². The fourth-order valence-electron chi connectivity index (χ4n) is 2.34. The molecule has 0 aromatic carbocycles. The summed E-state index contributed by atoms with van der Waals surface area (Å²) >= 11 is 0. The Kier molecular flexibility index (Phi) is 15.9. The highest BCUT2D eigenvalue weighted by Gasteiger charge is 2.06. The summed E-state index contributed by atoms with van der Waals surface area (Å²) < 4.78 is 5.73. The molecule has 0 spiro atoms. The second kappa shape index (κ2) is 16.0. The quantitative estimate of drug-likeness (QED) is 0.421. The van der Waals surface area contributed by atoms with Gasteiger partial charge < -0.3 is 9.84 Å². The Morgan fingerprint density at radius 2 is 1.26 bits per heavy atom. The number of hydrogen-bond donors (Lipinski definition) is 1. The Hall–Kier alpha value is -0.0800. The minimum absolute atomic E-state index is 0.0808. The first-order valence-corrected chi connectivity index (χ1v) is 8.57. The predicted molar refractivity (Wildman–Crippen MR) is 83.6 cm³/mol. The van der Waals surface area contributed by atoms with E-state index in [0.717, 1.165) is 19.4 Å². The third kappa shape index (κ3) is 14.1. The normalized spacial score (nSPS) is 12.8. The zero-order chi connectivity index (χ0) is 14.2. The van der Waals surface area contributed by atoms with E-state index < -0.39 is 0 Å². The number of hydrogen-bond acceptors (Lipinski definition) is 2. The van der Waals surface area contributed by atoms with Gasteiger partial charge in [0, 0.05) is 6.61 Å². The van der Waals surface area contributed by atoms with Crippen LogP contribution in [-0.4, -0.2) is 24.4 Å². The molecule has 0 rings (SSSR count). The molecule has 0 aliphatic heterocycles. The van der Waals surface area contributed by atoms with Gasteiger partial charge in [0.2, 0.25) is 0 Å². The lowest BCUT2D eigenvalue weighted by molar-refractivity contribution is 0.00500. The molecule has 0 aromatic rings. The van der Waals surface area contributed by atoms with E-state index in [9.17, 15) is 5.11 Å². The molecule has 0 fully saturated rings. The molecule has 0 aromatic heterocycles. The molecule has 0 bridgehead atoms. The second-order valence-corrected chi connectivity index (χ2v) is 5.65. The first-order valence-electron chi connectivity index (χ1n) is 8.57. The molecule has 1 atom stereocenters. The summed E-state index contributed by atoms with van der Waals surface area (Å²) in [6.07, 6.45) is 15.3. The maximum atomic E-state index is 9.28. The van der Waals surface area contributed by atoms with Crippen molar-refractivity contribution < 1.29 is 9.84 Å². The van der Waals surface area contributed by atoms with Crippen LogP contribution < -0.4 is 0 Å². The maximum absolute atomic E-state index is 9.28. The molecule has 0 amide bonds. The zero-order valence-corrected chi connectivity index (χ0v) is 13.3. The van der Waals surface area contributed by atoms with E-state index in [2.05, 4.69) is 13.8 Å². The molecular weight excluding hydrogens is 236 g/mol. The Morgan fingerprint density at radius 3 is 1.84 bits per heavy atom. The van der Waals surface area contributed by atoms with Crippen LogP contribution in [0.15, 0.2) is 0 Å². The van der Waals surface area contributed by atoms with E-state index in [-0.39, 0.29) is 12.7 Å². The van der Waals surface area contributed by atoms with Gasteiger partial charge in [0.05, 0.1) is 12.7 Å². The summed E-state index contributed by atoms with van der Waals surface area (Å²) in [6.45, 7) is 5.48. The summed E-state index contributed by atoms with van der Waals surface area (Å²) in [5, 5.41) is 9.28. The van der Waals surface area contributed by atoms with Gasteiger partial charge in [0.25, 0.3) is 0 Å². The molecule has 2 heteroatoms. The van der Waals surface area contributed by atoms with Gasteiger partial charge in [0.1, 0.15) is 0 Å². The minimum Gasteiger partial charge on any atom is -0.394 e. The highest BCUT2D eigenvalue weighted by atomic mass is 16.5. The first kappa shape index (κ1) is 18.9. The average Bonchev–Trinajstić information content (AvgIpc) is 2.44. The predicted octanol–water partition coefficient (Wildman–Crippen LogP) is 5.08. The van der Waals surface area contributed by atoms with E-state index in [4.69, 9.17) is 4.74 Å². The van der Waals surface area contributed by atoms with Gasteiger partial charge in [-0.25, -0.2) is 0 Å². The van der Waals surface area contributed by atoms with Crippen LogP contribution in [-0.2, 0) is 4.74 Å². The Morgan fingerprint density at radius 1 is 0.737 bits per heavy atom. The van der Waals surface area contributed by atoms with Crippen LogP contribution in [0.25, 0.3) is 0 Å². The van der Waals surface area contributed by atoms with Gasteiger partial charge in [-0.3, -0.25) is 0 Å². The maximum Gasteiger partial charge on any atom is 0.0805 e. The van der Waals surface area contributed by atoms with E-state index in [1.165, 1.54) is 64.2 Å². The monoisotopic (exact) mass is 272 g/mol. The molecule has 0 saturated carbocycles. The molecule has 0 aliphatic rings. The van der Waals surface area contributed by atoms with Gasteiger partial charge in [-0.05, 0) is 12.8 Å². The summed E-state index contributed by atoms with van der Waals surface area (Å²) in [7, 11) is 0. The van der Waals surface area contributed by atoms with Crippen molar-refractivity contribution >= 4 is 0 Å². The van der Waals surface area contributed by atoms with Crippen LogP contribution in [0.5, 0.6) is 0 Å². The summed E-state index contributed by atoms with van der Waals surface area (Å²) in [4.78, 5) is 0. The van der Waals surface area contributed by atoms with E-state index in [1.807, 2.05) is 0 Å². The summed E-state index contributed by atoms with van der Waals surface area (Å²) in [5.41, 5.74) is 0. The number of rotatable bonds is 15. The smallest absolute Gasteiger partial charge is 0.0805 e. The Labute approximate surface area is 120 Å². The molecule has 1 unspecified atom stereocenters. The number of unbranched alkanes of at least 4 members (excludes halogenated alkanes) is 9. The van der Waals surface area contributed by atoms with Crippen LogP contribution in [0, 0.1) is 0 Å². The van der Waals surface area contributed by atoms with Crippen LogP contribution >= 0.6 is 0 Å². The van der Waals surface area contributed by atoms with Gasteiger partial charge in [-0.15, -0.1) is 0 Å². The fraction of sp³-hybridized carbons (Fsp3) is 1.00. The molecule has 116 valence electrons. The van der Waals surface area contributed by atoms with Crippen molar-refractivity contribution in [3.05, 3.63) is 0 Å². The van der Waals surface area contributed by atoms with Crippen molar-refractivity contribution in [2.75, 3.05) is 13.2 Å². The van der Waals surface area contributed by atoms with E-state index >= 15 is 0 Å². The van der Waals surface area contributed by atoms with Crippen molar-refractivity contribution in [3.8, 4) is 0 Å². The fourth-order valence-corrected chi connectivity index (χ4v) is 2.34. The summed E-state index contributed by atoms with van der Waals surface area (Å²) in [5.74, 6) is 0. The number of ether oxygens (including phenoxy) is 1. The molecule has 2 nitrogen and oxygen atoms in total. The Balaban J connectivity index is 3.29. The van der Waals surface area contributed by atoms with Gasteiger partial charge in [-0.1, -0.05) is 78.1 Å². The van der Waals surface area contributed by atoms with Crippen LogP contribution in [0.2, 0.25) is 0 Å². The van der Waals surface area contributed by atoms with Crippen molar-refractivity contribution in [1.82, 2.24) is 0 Å². The first-order chi connectivity index (χ1) is 9.35. The molecule has 1 N–H and O–H groups in total. The lowest BCUT2D eigenvalue weighted by atomic mass is 10.1. The topological polar surface area (TPSA) is 29.5 Å². The molecule has 0 heterocycles. The average molecular weight is 272 g/mol. The van der Waals surface area contributed by atoms with Crippen molar-refractivity contribution in [1.29, 1.82) is 0 Å². The molecule has 0 aliphatic carbocycles. The minimum atomic E-state index is 0.0808. The van der Waals surface area contributed by atoms with Crippen molar-refractivity contribution in [3.63, 3.8) is 0 Å². The van der Waals surface area contributed by atoms with Crippen LogP contribution in [0.1, 0.15) is 90.9 Å². The third-order valence-corrected chi connectivity index (χ3v) is 3.68. The number of aliphatic hydroxyl groups excluding tert-OH is 1. The van der Waals surface area contributed by atoms with E-state index in [1.54, 1.807) is 0 Å². The van der Waals surface area contributed by atoms with Gasteiger partial charge >= 0.3 is 0 Å². The highest BCUT2D eigenvalue weighted by Crippen LogP contribution is 2.11. The highest BCUT2D eigenvalue weighted by molar-refractivity contribution is 4.57. The molecule has 19 heavy (non-hydrogen) atoms. The van der Waals surface area contributed by atoms with Crippen LogP contribution in [0.4, 0.5) is 0 Å². The largest absolute Gasteiger partial charge is 0.394 e. The summed E-state index contributed by atoms with van der Waals surface area (Å²) in [6, 6.07) is 0. The lowest BCUT2D eigenvalue weighted by Gasteiger charge is -2.15. The SMILES string of the molecule is CCCCCCCCCC(CO)OCCCCCC. The second-order valence-electron chi connectivity index (χ2n) is 5.65. The third-order valence-electron chi connectivity index (χ3n) is 3.68. The number of aliphatic hydroxyl groups is 1.